The summed E-state index contributed by atoms with van der Waals surface area (Å²) in [7, 11) is 0. The van der Waals surface area contributed by atoms with Gasteiger partial charge in [-0.3, -0.25) is 9.78 Å². The first-order valence-corrected chi connectivity index (χ1v) is 7.80. The van der Waals surface area contributed by atoms with Crippen molar-refractivity contribution in [1.82, 2.24) is 4.98 Å². The number of anilines is 3. The highest BCUT2D eigenvalue weighted by molar-refractivity contribution is 6.06. The molecule has 0 aliphatic carbocycles. The largest absolute Gasteiger partial charge is 0.354 e. The van der Waals surface area contributed by atoms with Gasteiger partial charge in [0.15, 0.2) is 11.6 Å². The van der Waals surface area contributed by atoms with E-state index in [4.69, 9.17) is 0 Å². The van der Waals surface area contributed by atoms with Gasteiger partial charge in [-0.1, -0.05) is 5.92 Å². The van der Waals surface area contributed by atoms with Gasteiger partial charge in [0.1, 0.15) is 6.07 Å². The van der Waals surface area contributed by atoms with E-state index < -0.39 is 17.5 Å². The first kappa shape index (κ1) is 17.8. The van der Waals surface area contributed by atoms with E-state index >= 15 is 0 Å². The van der Waals surface area contributed by atoms with Gasteiger partial charge in [0.25, 0.3) is 5.91 Å². The monoisotopic (exact) mass is 362 g/mol. The molecule has 0 radical (unpaired) electrons. The van der Waals surface area contributed by atoms with E-state index in [1.165, 1.54) is 12.3 Å². The number of nitrogens with one attached hydrogen (secondary N) is 2. The van der Waals surface area contributed by atoms with Crippen LogP contribution in [0.2, 0.25) is 0 Å². The number of carbonyl (C=O) groups is 1. The second-order valence-electron chi connectivity index (χ2n) is 5.47. The Morgan fingerprint density at radius 3 is 2.59 bits per heavy atom. The van der Waals surface area contributed by atoms with Crippen molar-refractivity contribution < 1.29 is 13.6 Å². The molecule has 0 atom stereocenters. The summed E-state index contributed by atoms with van der Waals surface area (Å²) >= 11 is 0. The normalized spacial score (nSPS) is 9.85. The number of rotatable bonds is 3. The van der Waals surface area contributed by atoms with E-state index in [0.717, 1.165) is 12.1 Å². The Morgan fingerprint density at radius 1 is 1.11 bits per heavy atom. The minimum atomic E-state index is -1.01. The van der Waals surface area contributed by atoms with E-state index in [1.807, 2.05) is 6.07 Å². The fourth-order valence-corrected chi connectivity index (χ4v) is 2.48. The van der Waals surface area contributed by atoms with Crippen LogP contribution in [0.3, 0.4) is 0 Å². The maximum absolute atomic E-state index is 13.5. The van der Waals surface area contributed by atoms with Crippen molar-refractivity contribution in [3.63, 3.8) is 0 Å². The summed E-state index contributed by atoms with van der Waals surface area (Å²) in [5.74, 6) is 2.41. The van der Waals surface area contributed by atoms with Gasteiger partial charge in [0, 0.05) is 29.0 Å². The van der Waals surface area contributed by atoms with Crippen molar-refractivity contribution in [2.75, 3.05) is 10.6 Å². The third-order valence-electron chi connectivity index (χ3n) is 3.67. The molecule has 1 amide bonds. The maximum atomic E-state index is 13.5. The van der Waals surface area contributed by atoms with Crippen molar-refractivity contribution in [2.45, 2.75) is 6.92 Å². The summed E-state index contributed by atoms with van der Waals surface area (Å²) in [5, 5.41) is 15.5. The number of aromatic nitrogens is 1. The van der Waals surface area contributed by atoms with Crippen LogP contribution in [-0.4, -0.2) is 10.9 Å². The summed E-state index contributed by atoms with van der Waals surface area (Å²) < 4.78 is 26.7. The van der Waals surface area contributed by atoms with Gasteiger partial charge in [-0.25, -0.2) is 8.78 Å². The molecule has 0 bridgehead atoms. The minimum absolute atomic E-state index is 0.212. The molecule has 0 saturated heterocycles. The SMILES string of the molecule is CC#CC(=O)Nc1ccc2ncc(C#N)c(Nc3ccc(F)c(F)c3)c2c1. The third kappa shape index (κ3) is 3.83. The number of amides is 1. The number of fused-ring (bicyclic) bond motifs is 1. The molecule has 132 valence electrons. The molecule has 0 saturated carbocycles. The number of halogens is 2. The van der Waals surface area contributed by atoms with E-state index in [-0.39, 0.29) is 11.3 Å². The molecule has 2 N–H and O–H groups in total. The molecule has 3 rings (SSSR count). The minimum Gasteiger partial charge on any atom is -0.354 e. The molecule has 27 heavy (non-hydrogen) atoms. The molecule has 5 nitrogen and oxygen atoms in total. The zero-order chi connectivity index (χ0) is 19.4. The zero-order valence-corrected chi connectivity index (χ0v) is 14.1. The smallest absolute Gasteiger partial charge is 0.300 e. The van der Waals surface area contributed by atoms with Crippen molar-refractivity contribution in [3.05, 3.63) is 59.8 Å². The predicted octanol–water partition coefficient (Wildman–Crippen LogP) is 4.09. The average molecular weight is 362 g/mol. The fourth-order valence-electron chi connectivity index (χ4n) is 2.48. The van der Waals surface area contributed by atoms with Gasteiger partial charge in [-0.2, -0.15) is 5.26 Å². The van der Waals surface area contributed by atoms with Crippen LogP contribution in [-0.2, 0) is 4.79 Å². The van der Waals surface area contributed by atoms with Crippen LogP contribution < -0.4 is 10.6 Å². The zero-order valence-electron chi connectivity index (χ0n) is 14.1. The summed E-state index contributed by atoms with van der Waals surface area (Å²) in [6.07, 6.45) is 1.38. The van der Waals surface area contributed by atoms with Crippen molar-refractivity contribution in [3.8, 4) is 17.9 Å². The van der Waals surface area contributed by atoms with Crippen molar-refractivity contribution >= 4 is 33.9 Å². The van der Waals surface area contributed by atoms with Crippen LogP contribution in [0.5, 0.6) is 0 Å². The Morgan fingerprint density at radius 2 is 1.89 bits per heavy atom. The van der Waals surface area contributed by atoms with Gasteiger partial charge < -0.3 is 10.6 Å². The Kier molecular flexibility index (Phi) is 4.96. The molecule has 0 aliphatic heterocycles. The van der Waals surface area contributed by atoms with Crippen LogP contribution in [0.4, 0.5) is 25.8 Å². The quantitative estimate of drug-likeness (QED) is 0.688. The molecule has 2 aromatic carbocycles. The number of pyridine rings is 1. The lowest BCUT2D eigenvalue weighted by Crippen LogP contribution is -2.08. The van der Waals surface area contributed by atoms with Gasteiger partial charge in [-0.05, 0) is 43.2 Å². The Bertz CT molecular complexity index is 1160. The number of hydrogen-bond donors (Lipinski definition) is 2. The van der Waals surface area contributed by atoms with Crippen LogP contribution in [0.25, 0.3) is 10.9 Å². The molecule has 3 aromatic rings. The highest BCUT2D eigenvalue weighted by Gasteiger charge is 2.12. The number of carbonyl (C=O) groups excluding carboxylic acids is 1. The topological polar surface area (TPSA) is 77.8 Å². The van der Waals surface area contributed by atoms with E-state index in [0.29, 0.717) is 22.3 Å². The first-order chi connectivity index (χ1) is 13.0. The second kappa shape index (κ2) is 7.51. The fraction of sp³-hybridized carbons (Fsp3) is 0.0500. The lowest BCUT2D eigenvalue weighted by Gasteiger charge is -2.13. The van der Waals surface area contributed by atoms with Gasteiger partial charge in [0.05, 0.1) is 16.8 Å². The van der Waals surface area contributed by atoms with Crippen LogP contribution in [0.1, 0.15) is 12.5 Å². The van der Waals surface area contributed by atoms with Gasteiger partial charge in [0.2, 0.25) is 0 Å². The molecule has 0 spiro atoms. The molecular weight excluding hydrogens is 350 g/mol. The van der Waals surface area contributed by atoms with Crippen molar-refractivity contribution in [1.29, 1.82) is 5.26 Å². The van der Waals surface area contributed by atoms with Gasteiger partial charge in [-0.15, -0.1) is 0 Å². The Labute approximate surface area is 153 Å². The van der Waals surface area contributed by atoms with Gasteiger partial charge >= 0.3 is 0 Å². The third-order valence-corrected chi connectivity index (χ3v) is 3.67. The van der Waals surface area contributed by atoms with Crippen molar-refractivity contribution in [2.24, 2.45) is 0 Å². The van der Waals surface area contributed by atoms with Crippen LogP contribution >= 0.6 is 0 Å². The summed E-state index contributed by atoms with van der Waals surface area (Å²) in [6.45, 7) is 1.55. The standard InChI is InChI=1S/C20H12F2N4O/c1-2-3-19(27)25-13-5-7-18-15(8-13)20(12(10-23)11-24-18)26-14-4-6-16(21)17(22)9-14/h4-9,11H,1H3,(H,24,26)(H,25,27). The first-order valence-electron chi connectivity index (χ1n) is 7.80. The van der Waals surface area contributed by atoms with E-state index in [9.17, 15) is 18.8 Å². The van der Waals surface area contributed by atoms with E-state index in [2.05, 4.69) is 27.5 Å². The van der Waals surface area contributed by atoms with Crippen LogP contribution in [0.15, 0.2) is 42.6 Å². The molecule has 0 fully saturated rings. The highest BCUT2D eigenvalue weighted by Crippen LogP contribution is 2.31. The Hall–Kier alpha value is -3.97. The summed E-state index contributed by atoms with van der Waals surface area (Å²) in [4.78, 5) is 15.9. The Balaban J connectivity index is 2.09. The molecule has 7 heteroatoms. The lowest BCUT2D eigenvalue weighted by atomic mass is 10.1. The van der Waals surface area contributed by atoms with Crippen LogP contribution in [0, 0.1) is 34.8 Å². The van der Waals surface area contributed by atoms with E-state index in [1.54, 1.807) is 25.1 Å². The summed E-state index contributed by atoms with van der Waals surface area (Å²) in [5.41, 5.74) is 1.86. The lowest BCUT2D eigenvalue weighted by molar-refractivity contribution is -0.111. The number of nitriles is 1. The average Bonchev–Trinajstić information content (AvgIpc) is 2.65. The molecule has 0 unspecified atom stereocenters. The highest BCUT2D eigenvalue weighted by atomic mass is 19.2. The number of nitrogens with zero attached hydrogens (tertiary/aromatic N) is 2. The molecule has 0 aliphatic rings. The predicted molar refractivity (Wildman–Crippen MR) is 98.2 cm³/mol. The molecular formula is C20H12F2N4O. The summed E-state index contributed by atoms with van der Waals surface area (Å²) in [6, 6.07) is 10.3. The number of benzene rings is 2. The molecule has 1 heterocycles. The maximum Gasteiger partial charge on any atom is 0.300 e. The second-order valence-corrected chi connectivity index (χ2v) is 5.47. The molecule has 1 aromatic heterocycles. The number of hydrogen-bond acceptors (Lipinski definition) is 4.